The number of carbonyl (C=O) groups excluding carboxylic acids is 2. The molecule has 2 unspecified atom stereocenters. The molecule has 1 aromatic heterocycles. The van der Waals surface area contributed by atoms with Crippen molar-refractivity contribution < 1.29 is 9.59 Å². The van der Waals surface area contributed by atoms with E-state index in [9.17, 15) is 9.59 Å². The van der Waals surface area contributed by atoms with Crippen molar-refractivity contribution in [2.24, 2.45) is 5.92 Å². The summed E-state index contributed by atoms with van der Waals surface area (Å²) in [5.74, 6) is 0.427. The zero-order valence-electron chi connectivity index (χ0n) is 15.8. The van der Waals surface area contributed by atoms with Gasteiger partial charge in [0, 0.05) is 43.2 Å². The van der Waals surface area contributed by atoms with Gasteiger partial charge in [0.2, 0.25) is 17.8 Å². The largest absolute Gasteiger partial charge is 0.368 e. The van der Waals surface area contributed by atoms with Crippen LogP contribution in [-0.2, 0) is 16.0 Å². The Kier molecular flexibility index (Phi) is 5.23. The number of likely N-dealkylation sites (tertiary alicyclic amines) is 1. The van der Waals surface area contributed by atoms with Crippen molar-refractivity contribution in [3.63, 3.8) is 0 Å². The smallest absolute Gasteiger partial charge is 0.227 e. The molecule has 2 aliphatic heterocycles. The van der Waals surface area contributed by atoms with Gasteiger partial charge in [-0.3, -0.25) is 9.59 Å². The summed E-state index contributed by atoms with van der Waals surface area (Å²) < 4.78 is 0. The molecule has 0 aliphatic carbocycles. The number of piperidine rings is 1. The van der Waals surface area contributed by atoms with Crippen molar-refractivity contribution in [3.8, 4) is 0 Å². The molecule has 1 fully saturated rings. The Hall–Kier alpha value is -2.96. The first-order valence-corrected chi connectivity index (χ1v) is 9.85. The molecule has 146 valence electrons. The first kappa shape index (κ1) is 18.4. The van der Waals surface area contributed by atoms with Gasteiger partial charge in [0.05, 0.1) is 5.69 Å². The third kappa shape index (κ3) is 3.98. The first-order valence-electron chi connectivity index (χ1n) is 9.85. The second-order valence-corrected chi connectivity index (χ2v) is 7.60. The number of nitrogens with zero attached hydrogens (tertiary/aromatic N) is 3. The number of nitrogens with two attached hydrogens (primary N) is 1. The minimum atomic E-state index is -0.152. The average molecular weight is 379 g/mol. The number of carbonyl (C=O) groups is 2. The van der Waals surface area contributed by atoms with E-state index in [0.717, 1.165) is 36.3 Å². The second-order valence-electron chi connectivity index (χ2n) is 7.60. The van der Waals surface area contributed by atoms with E-state index in [1.165, 1.54) is 0 Å². The molecule has 0 radical (unpaired) electrons. The van der Waals surface area contributed by atoms with Crippen molar-refractivity contribution in [2.45, 2.75) is 38.0 Å². The molecule has 1 saturated heterocycles. The van der Waals surface area contributed by atoms with Crippen molar-refractivity contribution in [3.05, 3.63) is 47.8 Å². The lowest BCUT2D eigenvalue weighted by atomic mass is 9.89. The third-order valence-corrected chi connectivity index (χ3v) is 5.71. The summed E-state index contributed by atoms with van der Waals surface area (Å²) in [4.78, 5) is 35.3. The van der Waals surface area contributed by atoms with Gasteiger partial charge in [-0.15, -0.1) is 0 Å². The summed E-state index contributed by atoms with van der Waals surface area (Å²) in [7, 11) is 0. The van der Waals surface area contributed by atoms with Crippen LogP contribution >= 0.6 is 0 Å². The number of nitrogens with one attached hydrogen (secondary N) is 1. The number of nitrogen functional groups attached to an aromatic ring is 1. The number of benzene rings is 1. The fourth-order valence-corrected chi connectivity index (χ4v) is 4.16. The van der Waals surface area contributed by atoms with Crippen molar-refractivity contribution >= 4 is 23.5 Å². The standard InChI is InChI=1S/C21H25N5O2/c22-21-23-10-9-18(25-21)16-5-3-11-26(13-16)19(27)8-7-15-12-14-4-1-2-6-17(14)24-20(15)28/h1-2,4,6,9-10,15-16H,3,5,7-8,11-13H2,(H,24,28)(H2,22,23,25). The van der Waals surface area contributed by atoms with Crippen LogP contribution in [0.2, 0.25) is 0 Å². The topological polar surface area (TPSA) is 101 Å². The Morgan fingerprint density at radius 1 is 1.29 bits per heavy atom. The Bertz CT molecular complexity index is 885. The summed E-state index contributed by atoms with van der Waals surface area (Å²) in [6.07, 6.45) is 5.25. The highest BCUT2D eigenvalue weighted by Crippen LogP contribution is 2.29. The van der Waals surface area contributed by atoms with Crippen LogP contribution in [0.1, 0.15) is 42.9 Å². The van der Waals surface area contributed by atoms with E-state index in [2.05, 4.69) is 15.3 Å². The molecule has 2 aliphatic rings. The maximum atomic E-state index is 12.8. The summed E-state index contributed by atoms with van der Waals surface area (Å²) >= 11 is 0. The number of hydrogen-bond acceptors (Lipinski definition) is 5. The molecule has 1 aromatic carbocycles. The molecule has 2 amide bonds. The number of para-hydroxylation sites is 1. The molecule has 3 N–H and O–H groups in total. The SMILES string of the molecule is Nc1nccc(C2CCCN(C(=O)CCC3Cc4ccccc4NC3=O)C2)n1. The lowest BCUT2D eigenvalue weighted by molar-refractivity contribution is -0.133. The molecule has 0 spiro atoms. The van der Waals surface area contributed by atoms with E-state index >= 15 is 0 Å². The van der Waals surface area contributed by atoms with Gasteiger partial charge in [-0.2, -0.15) is 0 Å². The molecule has 4 rings (SSSR count). The number of rotatable bonds is 4. The fraction of sp³-hybridized carbons (Fsp3) is 0.429. The predicted molar refractivity (Wildman–Crippen MR) is 106 cm³/mol. The van der Waals surface area contributed by atoms with E-state index in [1.807, 2.05) is 35.2 Å². The first-order chi connectivity index (χ1) is 13.6. The molecule has 0 bridgehead atoms. The van der Waals surface area contributed by atoms with Crippen molar-refractivity contribution in [1.82, 2.24) is 14.9 Å². The summed E-state index contributed by atoms with van der Waals surface area (Å²) in [5, 5.41) is 2.96. The van der Waals surface area contributed by atoms with Gasteiger partial charge in [-0.1, -0.05) is 18.2 Å². The number of hydrogen-bond donors (Lipinski definition) is 2. The minimum absolute atomic E-state index is 0.0134. The molecule has 2 aromatic rings. The molecular weight excluding hydrogens is 354 g/mol. The molecule has 7 heteroatoms. The number of anilines is 2. The van der Waals surface area contributed by atoms with Gasteiger partial charge in [-0.05, 0) is 43.4 Å². The minimum Gasteiger partial charge on any atom is -0.368 e. The van der Waals surface area contributed by atoms with Gasteiger partial charge in [0.1, 0.15) is 0 Å². The maximum absolute atomic E-state index is 12.8. The molecule has 7 nitrogen and oxygen atoms in total. The Balaban J connectivity index is 1.34. The predicted octanol–water partition coefficient (Wildman–Crippen LogP) is 2.36. The zero-order chi connectivity index (χ0) is 19.5. The lowest BCUT2D eigenvalue weighted by Gasteiger charge is -2.33. The summed E-state index contributed by atoms with van der Waals surface area (Å²) in [6, 6.07) is 9.72. The molecular formula is C21H25N5O2. The zero-order valence-corrected chi connectivity index (χ0v) is 15.8. The van der Waals surface area contributed by atoms with Crippen molar-refractivity contribution in [2.75, 3.05) is 24.1 Å². The number of fused-ring (bicyclic) bond motifs is 1. The van der Waals surface area contributed by atoms with Crippen LogP contribution in [0, 0.1) is 5.92 Å². The van der Waals surface area contributed by atoms with E-state index < -0.39 is 0 Å². The molecule has 0 saturated carbocycles. The van der Waals surface area contributed by atoms with Crippen LogP contribution in [0.3, 0.4) is 0 Å². The van der Waals surface area contributed by atoms with Gasteiger partial charge in [0.25, 0.3) is 0 Å². The molecule has 2 atom stereocenters. The fourth-order valence-electron chi connectivity index (χ4n) is 4.16. The Morgan fingerprint density at radius 2 is 2.14 bits per heavy atom. The van der Waals surface area contributed by atoms with E-state index in [4.69, 9.17) is 5.73 Å². The van der Waals surface area contributed by atoms with Gasteiger partial charge >= 0.3 is 0 Å². The lowest BCUT2D eigenvalue weighted by Crippen LogP contribution is -2.40. The number of amides is 2. The Morgan fingerprint density at radius 3 is 3.00 bits per heavy atom. The quantitative estimate of drug-likeness (QED) is 0.849. The van der Waals surface area contributed by atoms with Crippen LogP contribution < -0.4 is 11.1 Å². The molecule has 3 heterocycles. The third-order valence-electron chi connectivity index (χ3n) is 5.71. The van der Waals surface area contributed by atoms with Crippen LogP contribution in [0.4, 0.5) is 11.6 Å². The van der Waals surface area contributed by atoms with Crippen LogP contribution in [0.25, 0.3) is 0 Å². The average Bonchev–Trinajstić information content (AvgIpc) is 2.72. The number of aromatic nitrogens is 2. The van der Waals surface area contributed by atoms with E-state index in [1.54, 1.807) is 6.20 Å². The summed E-state index contributed by atoms with van der Waals surface area (Å²) in [5.41, 5.74) is 8.62. The monoisotopic (exact) mass is 379 g/mol. The summed E-state index contributed by atoms with van der Waals surface area (Å²) in [6.45, 7) is 1.41. The van der Waals surface area contributed by atoms with Crippen LogP contribution in [0.5, 0.6) is 0 Å². The van der Waals surface area contributed by atoms with Gasteiger partial charge in [-0.25, -0.2) is 9.97 Å². The van der Waals surface area contributed by atoms with Crippen LogP contribution in [0.15, 0.2) is 36.5 Å². The highest BCUT2D eigenvalue weighted by molar-refractivity contribution is 5.96. The molecule has 28 heavy (non-hydrogen) atoms. The van der Waals surface area contributed by atoms with Crippen LogP contribution in [-0.4, -0.2) is 39.8 Å². The highest BCUT2D eigenvalue weighted by Gasteiger charge is 2.29. The van der Waals surface area contributed by atoms with E-state index in [0.29, 0.717) is 25.8 Å². The van der Waals surface area contributed by atoms with E-state index in [-0.39, 0.29) is 29.6 Å². The normalized spacial score (nSPS) is 21.7. The van der Waals surface area contributed by atoms with Gasteiger partial charge < -0.3 is 16.0 Å². The second kappa shape index (κ2) is 7.96. The Labute approximate surface area is 164 Å². The maximum Gasteiger partial charge on any atom is 0.227 e. The van der Waals surface area contributed by atoms with Crippen molar-refractivity contribution in [1.29, 1.82) is 0 Å². The van der Waals surface area contributed by atoms with Gasteiger partial charge in [0.15, 0.2) is 0 Å². The highest BCUT2D eigenvalue weighted by atomic mass is 16.2.